The molecule has 5 nitrogen and oxygen atoms in total. The second kappa shape index (κ2) is 5.16. The molecule has 2 amide bonds. The Morgan fingerprint density at radius 2 is 1.94 bits per heavy atom. The molecule has 1 saturated heterocycles. The number of amides is 2. The quantitative estimate of drug-likeness (QED) is 0.817. The summed E-state index contributed by atoms with van der Waals surface area (Å²) in [7, 11) is 1.58. The van der Waals surface area contributed by atoms with Gasteiger partial charge in [-0.05, 0) is 32.1 Å². The highest BCUT2D eigenvalue weighted by Gasteiger charge is 2.40. The molecule has 1 N–H and O–H groups in total. The van der Waals surface area contributed by atoms with Crippen molar-refractivity contribution in [2.24, 2.45) is 5.92 Å². The van der Waals surface area contributed by atoms with Crippen LogP contribution in [0.25, 0.3) is 0 Å². The smallest absolute Gasteiger partial charge is 0.326 e. The minimum atomic E-state index is -0.953. The number of nitrogens with zero attached hydrogens (tertiary/aromatic N) is 2. The normalized spacial score (nSPS) is 28.7. The van der Waals surface area contributed by atoms with Gasteiger partial charge in [-0.3, -0.25) is 0 Å². The van der Waals surface area contributed by atoms with Crippen molar-refractivity contribution in [3.8, 4) is 0 Å². The maximum absolute atomic E-state index is 12.3. The highest BCUT2D eigenvalue weighted by atomic mass is 16.4. The van der Waals surface area contributed by atoms with E-state index in [4.69, 9.17) is 5.11 Å². The number of hydrogen-bond donors (Lipinski definition) is 1. The van der Waals surface area contributed by atoms with Crippen molar-refractivity contribution in [2.75, 3.05) is 13.6 Å². The van der Waals surface area contributed by atoms with Crippen molar-refractivity contribution in [3.05, 3.63) is 0 Å². The molecule has 0 aromatic heterocycles. The minimum Gasteiger partial charge on any atom is -0.480 e. The molecule has 3 unspecified atom stereocenters. The second-order valence-corrected chi connectivity index (χ2v) is 5.50. The number of fused-ring (bicyclic) bond motifs is 1. The van der Waals surface area contributed by atoms with Crippen molar-refractivity contribution >= 4 is 12.0 Å². The van der Waals surface area contributed by atoms with Gasteiger partial charge < -0.3 is 14.9 Å². The fourth-order valence-electron chi connectivity index (χ4n) is 3.18. The monoisotopic (exact) mass is 254 g/mol. The van der Waals surface area contributed by atoms with E-state index in [0.29, 0.717) is 12.0 Å². The lowest BCUT2D eigenvalue weighted by Crippen LogP contribution is -2.50. The molecule has 0 radical (unpaired) electrons. The number of likely N-dealkylation sites (tertiary alicyclic amines) is 1. The third-order valence-electron chi connectivity index (χ3n) is 4.50. The summed E-state index contributed by atoms with van der Waals surface area (Å²) in [6, 6.07) is -0.547. The number of carbonyl (C=O) groups is 2. The molecular weight excluding hydrogens is 232 g/mol. The summed E-state index contributed by atoms with van der Waals surface area (Å²) in [5.41, 5.74) is 0. The molecule has 0 bridgehead atoms. The zero-order valence-corrected chi connectivity index (χ0v) is 11.1. The molecule has 1 aliphatic carbocycles. The van der Waals surface area contributed by atoms with Gasteiger partial charge in [0.15, 0.2) is 0 Å². The molecule has 102 valence electrons. The van der Waals surface area contributed by atoms with Gasteiger partial charge >= 0.3 is 12.0 Å². The summed E-state index contributed by atoms with van der Waals surface area (Å²) in [5.74, 6) is -0.318. The first-order chi connectivity index (χ1) is 8.52. The lowest BCUT2D eigenvalue weighted by Gasteiger charge is -2.35. The maximum atomic E-state index is 12.3. The zero-order valence-electron chi connectivity index (χ0n) is 11.1. The topological polar surface area (TPSA) is 60.9 Å². The average molecular weight is 254 g/mol. The first-order valence-electron chi connectivity index (χ1n) is 6.78. The SMILES string of the molecule is CC(C(=O)O)N(C)C(=O)N1CCC2CCCCC21. The highest BCUT2D eigenvalue weighted by Crippen LogP contribution is 2.36. The Morgan fingerprint density at radius 3 is 2.61 bits per heavy atom. The van der Waals surface area contributed by atoms with Crippen LogP contribution in [-0.2, 0) is 4.79 Å². The number of carboxylic acids is 1. The maximum Gasteiger partial charge on any atom is 0.326 e. The van der Waals surface area contributed by atoms with Crippen LogP contribution in [0.1, 0.15) is 39.0 Å². The van der Waals surface area contributed by atoms with Gasteiger partial charge in [-0.2, -0.15) is 0 Å². The molecule has 0 spiro atoms. The number of carboxylic acid groups (broad SMARTS) is 1. The van der Waals surface area contributed by atoms with Crippen LogP contribution >= 0.6 is 0 Å². The largest absolute Gasteiger partial charge is 0.480 e. The van der Waals surface area contributed by atoms with Crippen LogP contribution in [0.2, 0.25) is 0 Å². The predicted octanol–water partition coefficient (Wildman–Crippen LogP) is 1.78. The van der Waals surface area contributed by atoms with Crippen molar-refractivity contribution in [1.29, 1.82) is 0 Å². The lowest BCUT2D eigenvalue weighted by atomic mass is 9.85. The van der Waals surface area contributed by atoms with Gasteiger partial charge in [-0.1, -0.05) is 12.8 Å². The number of aliphatic carboxylic acids is 1. The number of likely N-dealkylation sites (N-methyl/N-ethyl adjacent to an activating group) is 1. The van der Waals surface area contributed by atoms with E-state index in [-0.39, 0.29) is 6.03 Å². The Balaban J connectivity index is 2.03. The Morgan fingerprint density at radius 1 is 1.28 bits per heavy atom. The van der Waals surface area contributed by atoms with Gasteiger partial charge in [0, 0.05) is 19.6 Å². The van der Waals surface area contributed by atoms with Crippen LogP contribution in [-0.4, -0.2) is 52.6 Å². The molecule has 18 heavy (non-hydrogen) atoms. The highest BCUT2D eigenvalue weighted by molar-refractivity contribution is 5.82. The Kier molecular flexibility index (Phi) is 3.78. The Hall–Kier alpha value is -1.26. The van der Waals surface area contributed by atoms with E-state index < -0.39 is 12.0 Å². The lowest BCUT2D eigenvalue weighted by molar-refractivity contribution is -0.141. The van der Waals surface area contributed by atoms with Gasteiger partial charge in [0.25, 0.3) is 0 Å². The van der Waals surface area contributed by atoms with E-state index in [0.717, 1.165) is 19.4 Å². The fourth-order valence-corrected chi connectivity index (χ4v) is 3.18. The van der Waals surface area contributed by atoms with Gasteiger partial charge in [0.05, 0.1) is 0 Å². The van der Waals surface area contributed by atoms with E-state index in [9.17, 15) is 9.59 Å². The Bertz CT molecular complexity index is 345. The Labute approximate surface area is 108 Å². The molecule has 0 aromatic rings. The second-order valence-electron chi connectivity index (χ2n) is 5.50. The molecule has 1 heterocycles. The van der Waals surface area contributed by atoms with Gasteiger partial charge in [0.1, 0.15) is 6.04 Å². The van der Waals surface area contributed by atoms with Crippen LogP contribution in [0.15, 0.2) is 0 Å². The van der Waals surface area contributed by atoms with E-state index >= 15 is 0 Å². The summed E-state index contributed by atoms with van der Waals surface area (Å²) in [6.07, 6.45) is 5.82. The number of rotatable bonds is 2. The number of urea groups is 1. The molecule has 0 aromatic carbocycles. The number of carbonyl (C=O) groups excluding carboxylic acids is 1. The van der Waals surface area contributed by atoms with Crippen molar-refractivity contribution in [3.63, 3.8) is 0 Å². The third-order valence-corrected chi connectivity index (χ3v) is 4.50. The van der Waals surface area contributed by atoms with Crippen LogP contribution < -0.4 is 0 Å². The van der Waals surface area contributed by atoms with Crippen LogP contribution in [0.3, 0.4) is 0 Å². The van der Waals surface area contributed by atoms with E-state index in [1.54, 1.807) is 14.0 Å². The van der Waals surface area contributed by atoms with Crippen molar-refractivity contribution in [2.45, 2.75) is 51.1 Å². The van der Waals surface area contributed by atoms with Gasteiger partial charge in [-0.25, -0.2) is 9.59 Å². The van der Waals surface area contributed by atoms with Crippen LogP contribution in [0.5, 0.6) is 0 Å². The third kappa shape index (κ3) is 2.31. The molecule has 5 heteroatoms. The molecule has 2 fully saturated rings. The predicted molar refractivity (Wildman–Crippen MR) is 67.3 cm³/mol. The van der Waals surface area contributed by atoms with Gasteiger partial charge in [0.2, 0.25) is 0 Å². The average Bonchev–Trinajstić information content (AvgIpc) is 2.79. The molecule has 2 rings (SSSR count). The van der Waals surface area contributed by atoms with Crippen LogP contribution in [0, 0.1) is 5.92 Å². The molecular formula is C13H22N2O3. The van der Waals surface area contributed by atoms with Crippen molar-refractivity contribution < 1.29 is 14.7 Å². The minimum absolute atomic E-state index is 0.126. The molecule has 2 aliphatic rings. The van der Waals surface area contributed by atoms with Gasteiger partial charge in [-0.15, -0.1) is 0 Å². The first kappa shape index (κ1) is 13.2. The van der Waals surface area contributed by atoms with E-state index in [1.165, 1.54) is 24.2 Å². The first-order valence-corrected chi connectivity index (χ1v) is 6.78. The zero-order chi connectivity index (χ0) is 13.3. The van der Waals surface area contributed by atoms with Crippen molar-refractivity contribution in [1.82, 2.24) is 9.80 Å². The summed E-state index contributed by atoms with van der Waals surface area (Å²) in [6.45, 7) is 2.33. The molecule has 1 saturated carbocycles. The molecule has 3 atom stereocenters. The summed E-state index contributed by atoms with van der Waals surface area (Å²) in [4.78, 5) is 26.5. The number of hydrogen-bond acceptors (Lipinski definition) is 2. The van der Waals surface area contributed by atoms with E-state index in [1.807, 2.05) is 4.90 Å². The summed E-state index contributed by atoms with van der Waals surface area (Å²) >= 11 is 0. The molecule has 1 aliphatic heterocycles. The summed E-state index contributed by atoms with van der Waals surface area (Å²) < 4.78 is 0. The summed E-state index contributed by atoms with van der Waals surface area (Å²) in [5, 5.41) is 8.96. The van der Waals surface area contributed by atoms with Crippen LogP contribution in [0.4, 0.5) is 4.79 Å². The van der Waals surface area contributed by atoms with E-state index in [2.05, 4.69) is 0 Å². The fraction of sp³-hybridized carbons (Fsp3) is 0.846. The standard InChI is InChI=1S/C13H22N2O3/c1-9(12(16)17)14(2)13(18)15-8-7-10-5-3-4-6-11(10)15/h9-11H,3-8H2,1-2H3,(H,16,17).